The number of ether oxygens (including phenoxy) is 3. The van der Waals surface area contributed by atoms with Crippen molar-refractivity contribution >= 4 is 34.4 Å². The minimum absolute atomic E-state index is 0.0244. The molecule has 0 fully saturated rings. The second kappa shape index (κ2) is 13.6. The van der Waals surface area contributed by atoms with Gasteiger partial charge < -0.3 is 19.5 Å². The summed E-state index contributed by atoms with van der Waals surface area (Å²) in [5.41, 5.74) is 1.07. The quantitative estimate of drug-likeness (QED) is 0.129. The van der Waals surface area contributed by atoms with Gasteiger partial charge in [-0.25, -0.2) is 4.98 Å². The van der Waals surface area contributed by atoms with Crippen LogP contribution in [0.3, 0.4) is 0 Å². The summed E-state index contributed by atoms with van der Waals surface area (Å²) < 4.78 is 107. The Morgan fingerprint density at radius 3 is 1.96 bits per heavy atom. The Balaban J connectivity index is 1.56. The third-order valence-corrected chi connectivity index (χ3v) is 6.44. The van der Waals surface area contributed by atoms with Crippen LogP contribution < -0.4 is 14.8 Å². The van der Waals surface area contributed by atoms with Crippen LogP contribution in [0.4, 0.5) is 30.7 Å². The number of hydrogen-bond donors (Lipinski definition) is 1. The number of fused-ring (bicyclic) bond motifs is 1. The number of esters is 1. The number of nitrogens with zero attached hydrogens (tertiary/aromatic N) is 1. The minimum Gasteiger partial charge on any atom is -0.486 e. The SMILES string of the molecule is O=C(CNC(=O)c1nc2cc(Cl)c(OCC(F)(F)C(F)(F)C(F)(F)F)cc2cc1OCc1ccccc1)OCc1ccccc1. The van der Waals surface area contributed by atoms with Crippen LogP contribution in [0, 0.1) is 0 Å². The van der Waals surface area contributed by atoms with E-state index in [4.69, 9.17) is 21.1 Å². The first-order valence-electron chi connectivity index (χ1n) is 12.9. The van der Waals surface area contributed by atoms with Gasteiger partial charge in [-0.15, -0.1) is 0 Å². The molecule has 4 aromatic rings. The fourth-order valence-electron chi connectivity index (χ4n) is 3.77. The van der Waals surface area contributed by atoms with Crippen LogP contribution >= 0.6 is 11.6 Å². The van der Waals surface area contributed by atoms with Crippen LogP contribution in [0.15, 0.2) is 78.9 Å². The number of pyridine rings is 1. The van der Waals surface area contributed by atoms with Gasteiger partial charge >= 0.3 is 24.0 Å². The molecule has 15 heteroatoms. The Morgan fingerprint density at radius 2 is 1.36 bits per heavy atom. The number of hydrogen-bond acceptors (Lipinski definition) is 6. The lowest BCUT2D eigenvalue weighted by Crippen LogP contribution is -2.54. The summed E-state index contributed by atoms with van der Waals surface area (Å²) in [7, 11) is 0. The number of carbonyl (C=O) groups is 2. The third kappa shape index (κ3) is 8.12. The number of amides is 1. The molecule has 0 saturated heterocycles. The molecule has 0 aliphatic rings. The molecule has 1 heterocycles. The van der Waals surface area contributed by atoms with Crippen molar-refractivity contribution in [3.63, 3.8) is 0 Å². The Labute approximate surface area is 255 Å². The summed E-state index contributed by atoms with van der Waals surface area (Å²) in [6.45, 7) is -2.98. The summed E-state index contributed by atoms with van der Waals surface area (Å²) in [5, 5.41) is 1.93. The van der Waals surface area contributed by atoms with Crippen LogP contribution in [0.25, 0.3) is 10.9 Å². The Morgan fingerprint density at radius 1 is 0.778 bits per heavy atom. The van der Waals surface area contributed by atoms with Crippen molar-refractivity contribution in [1.29, 1.82) is 0 Å². The molecule has 238 valence electrons. The molecule has 4 rings (SSSR count). The molecule has 0 atom stereocenters. The number of alkyl halides is 7. The van der Waals surface area contributed by atoms with E-state index >= 15 is 0 Å². The summed E-state index contributed by atoms with van der Waals surface area (Å²) in [5.74, 6) is -14.4. The smallest absolute Gasteiger partial charge is 0.460 e. The molecular weight excluding hydrogens is 637 g/mol. The van der Waals surface area contributed by atoms with Gasteiger partial charge in [-0.3, -0.25) is 9.59 Å². The third-order valence-electron chi connectivity index (χ3n) is 6.15. The van der Waals surface area contributed by atoms with Gasteiger partial charge in [0.05, 0.1) is 10.5 Å². The maximum Gasteiger partial charge on any atom is 0.460 e. The van der Waals surface area contributed by atoms with Gasteiger partial charge in [-0.2, -0.15) is 30.7 Å². The van der Waals surface area contributed by atoms with Gasteiger partial charge in [-0.1, -0.05) is 72.3 Å². The van der Waals surface area contributed by atoms with Crippen LogP contribution in [-0.4, -0.2) is 48.0 Å². The molecule has 0 saturated carbocycles. The predicted molar refractivity (Wildman–Crippen MR) is 148 cm³/mol. The lowest BCUT2D eigenvalue weighted by atomic mass is 10.1. The fraction of sp³-hybridized carbons (Fsp3) is 0.233. The van der Waals surface area contributed by atoms with E-state index in [1.165, 1.54) is 6.07 Å². The Bertz CT molecular complexity index is 1660. The summed E-state index contributed by atoms with van der Waals surface area (Å²) >= 11 is 6.02. The normalized spacial score (nSPS) is 12.1. The van der Waals surface area contributed by atoms with E-state index in [9.17, 15) is 40.3 Å². The van der Waals surface area contributed by atoms with E-state index in [2.05, 4.69) is 15.0 Å². The molecule has 0 spiro atoms. The molecule has 3 aromatic carbocycles. The fourth-order valence-corrected chi connectivity index (χ4v) is 3.98. The zero-order chi connectivity index (χ0) is 32.8. The van der Waals surface area contributed by atoms with Gasteiger partial charge in [0.2, 0.25) is 0 Å². The molecule has 0 aliphatic carbocycles. The summed E-state index contributed by atoms with van der Waals surface area (Å²) in [4.78, 5) is 29.5. The first-order chi connectivity index (χ1) is 21.2. The van der Waals surface area contributed by atoms with Crippen LogP contribution in [0.5, 0.6) is 11.5 Å². The molecule has 7 nitrogen and oxygen atoms in total. The van der Waals surface area contributed by atoms with Crippen molar-refractivity contribution in [1.82, 2.24) is 10.3 Å². The molecule has 45 heavy (non-hydrogen) atoms. The molecule has 1 N–H and O–H groups in total. The zero-order valence-corrected chi connectivity index (χ0v) is 23.6. The number of rotatable bonds is 12. The summed E-state index contributed by atoms with van der Waals surface area (Å²) in [6.07, 6.45) is -6.53. The Kier molecular flexibility index (Phi) is 10.1. The average Bonchev–Trinajstić information content (AvgIpc) is 3.00. The van der Waals surface area contributed by atoms with Crippen molar-refractivity contribution in [3.05, 3.63) is 101 Å². The molecular formula is C30H22ClF7N2O5. The highest BCUT2D eigenvalue weighted by Crippen LogP contribution is 2.47. The van der Waals surface area contributed by atoms with Gasteiger partial charge in [0.1, 0.15) is 25.5 Å². The first-order valence-corrected chi connectivity index (χ1v) is 13.3. The van der Waals surface area contributed by atoms with Gasteiger partial charge in [-0.05, 0) is 29.3 Å². The van der Waals surface area contributed by atoms with E-state index in [1.54, 1.807) is 60.7 Å². The Hall–Kier alpha value is -4.59. The molecule has 1 amide bonds. The highest BCUT2D eigenvalue weighted by molar-refractivity contribution is 6.32. The van der Waals surface area contributed by atoms with Gasteiger partial charge in [0, 0.05) is 5.39 Å². The highest BCUT2D eigenvalue weighted by Gasteiger charge is 2.73. The zero-order valence-electron chi connectivity index (χ0n) is 22.8. The van der Waals surface area contributed by atoms with Crippen molar-refractivity contribution in [2.24, 2.45) is 0 Å². The highest BCUT2D eigenvalue weighted by atomic mass is 35.5. The minimum atomic E-state index is -6.53. The second-order valence-corrected chi connectivity index (χ2v) is 9.89. The molecule has 0 radical (unpaired) electrons. The largest absolute Gasteiger partial charge is 0.486 e. The number of nitrogens with one attached hydrogen (secondary N) is 1. The van der Waals surface area contributed by atoms with Crippen molar-refractivity contribution in [3.8, 4) is 11.5 Å². The van der Waals surface area contributed by atoms with Gasteiger partial charge in [0.25, 0.3) is 5.91 Å². The average molecular weight is 659 g/mol. The van der Waals surface area contributed by atoms with Crippen LogP contribution in [0.2, 0.25) is 5.02 Å². The molecule has 1 aromatic heterocycles. The van der Waals surface area contributed by atoms with E-state index in [0.717, 1.165) is 17.7 Å². The van der Waals surface area contributed by atoms with E-state index in [-0.39, 0.29) is 35.6 Å². The van der Waals surface area contributed by atoms with Crippen molar-refractivity contribution in [2.75, 3.05) is 13.2 Å². The number of carbonyl (C=O) groups excluding carboxylic acids is 2. The lowest BCUT2D eigenvalue weighted by Gasteiger charge is -2.28. The maximum atomic E-state index is 13.8. The lowest BCUT2D eigenvalue weighted by molar-refractivity contribution is -0.358. The number of halogens is 8. The number of aromatic nitrogens is 1. The van der Waals surface area contributed by atoms with Crippen molar-refractivity contribution in [2.45, 2.75) is 31.2 Å². The first kappa shape index (κ1) is 33.3. The van der Waals surface area contributed by atoms with Crippen LogP contribution in [0.1, 0.15) is 21.6 Å². The second-order valence-electron chi connectivity index (χ2n) is 9.48. The standard InChI is InChI=1S/C30H22ClF7N2O5/c31-21-13-22-20(11-23(21)45-17-28(32,33)29(34,35)30(36,37)38)12-24(43-15-18-7-3-1-4-8-18)26(40-22)27(42)39-14-25(41)44-16-19-9-5-2-6-10-19/h1-13H,14-17H2,(H,39,42). The number of benzene rings is 3. The summed E-state index contributed by atoms with van der Waals surface area (Å²) in [6, 6.07) is 20.7. The predicted octanol–water partition coefficient (Wildman–Crippen LogP) is 7.15. The van der Waals surface area contributed by atoms with Crippen molar-refractivity contribution < 1.29 is 54.5 Å². The van der Waals surface area contributed by atoms with Gasteiger partial charge in [0.15, 0.2) is 18.1 Å². The topological polar surface area (TPSA) is 86.8 Å². The van der Waals surface area contributed by atoms with E-state index in [0.29, 0.717) is 5.56 Å². The molecule has 0 aliphatic heterocycles. The van der Waals surface area contributed by atoms with E-state index in [1.807, 2.05) is 0 Å². The maximum absolute atomic E-state index is 13.8. The van der Waals surface area contributed by atoms with Crippen LogP contribution in [-0.2, 0) is 22.7 Å². The molecule has 0 unspecified atom stereocenters. The monoisotopic (exact) mass is 658 g/mol. The molecule has 0 bridgehead atoms. The van der Waals surface area contributed by atoms with E-state index < -0.39 is 53.8 Å².